The van der Waals surface area contributed by atoms with Crippen LogP contribution in [0.1, 0.15) is 21.5 Å². The summed E-state index contributed by atoms with van der Waals surface area (Å²) in [5, 5.41) is 0.763. The molecule has 1 aliphatic rings. The van der Waals surface area contributed by atoms with Crippen LogP contribution in [0.4, 0.5) is 0 Å². The number of hydrogen-bond acceptors (Lipinski definition) is 7. The number of fused-ring (bicyclic) bond motifs is 1. The van der Waals surface area contributed by atoms with Crippen molar-refractivity contribution in [3.63, 3.8) is 0 Å². The van der Waals surface area contributed by atoms with Gasteiger partial charge in [-0.15, -0.1) is 0 Å². The van der Waals surface area contributed by atoms with Gasteiger partial charge in [-0.25, -0.2) is 0 Å². The Morgan fingerprint density at radius 1 is 0.946 bits per heavy atom. The fraction of sp³-hybridized carbons (Fsp3) is 0.267. The molecule has 0 bridgehead atoms. The van der Waals surface area contributed by atoms with Crippen LogP contribution in [0.2, 0.25) is 0 Å². The molecule has 0 radical (unpaired) electrons. The molecular weight excluding hydrogens is 468 g/mol. The Bertz CT molecular complexity index is 1380. The van der Waals surface area contributed by atoms with Crippen molar-refractivity contribution in [3.05, 3.63) is 89.6 Å². The van der Waals surface area contributed by atoms with Gasteiger partial charge in [0.2, 0.25) is 0 Å². The quantitative estimate of drug-likeness (QED) is 0.291. The predicted molar refractivity (Wildman–Crippen MR) is 142 cm³/mol. The van der Waals surface area contributed by atoms with Gasteiger partial charge in [0.1, 0.15) is 18.1 Å². The van der Waals surface area contributed by atoms with Gasteiger partial charge in [0.25, 0.3) is 0 Å². The maximum atomic E-state index is 13.3. The van der Waals surface area contributed by atoms with Crippen LogP contribution in [0, 0.1) is 6.92 Å². The molecule has 4 aromatic rings. The van der Waals surface area contributed by atoms with E-state index in [0.717, 1.165) is 43.8 Å². The summed E-state index contributed by atoms with van der Waals surface area (Å²) in [7, 11) is 1.61. The van der Waals surface area contributed by atoms with Crippen molar-refractivity contribution in [1.82, 2.24) is 9.88 Å². The normalized spacial score (nSPS) is 13.9. The van der Waals surface area contributed by atoms with Gasteiger partial charge < -0.3 is 18.9 Å². The van der Waals surface area contributed by atoms with Crippen LogP contribution in [0.15, 0.2) is 72.9 Å². The van der Waals surface area contributed by atoms with Gasteiger partial charge in [-0.2, -0.15) is 0 Å². The first-order valence-corrected chi connectivity index (χ1v) is 12.4. The number of morpholine rings is 1. The first-order valence-electron chi connectivity index (χ1n) is 12.4. The highest BCUT2D eigenvalue weighted by Crippen LogP contribution is 2.38. The van der Waals surface area contributed by atoms with E-state index in [1.807, 2.05) is 67.6 Å². The third kappa shape index (κ3) is 5.74. The largest absolute Gasteiger partial charge is 0.493 e. The minimum atomic E-state index is -0.0915. The molecule has 1 aliphatic heterocycles. The number of ether oxygens (including phenoxy) is 4. The number of pyridine rings is 1. The SMILES string of the molecule is COc1cc2c(Oc3ccc(C)cc3C(=O)c3ccccc3)ccnc2cc1OCCN1CCOCC1. The van der Waals surface area contributed by atoms with E-state index in [2.05, 4.69) is 9.88 Å². The van der Waals surface area contributed by atoms with E-state index in [9.17, 15) is 4.79 Å². The maximum Gasteiger partial charge on any atom is 0.196 e. The number of methoxy groups -OCH3 is 1. The standard InChI is InChI=1S/C30H30N2O5/c1-21-8-9-26(24(18-21)30(33)22-6-4-3-5-7-22)37-27-10-11-31-25-20-29(28(34-2)19-23(25)27)36-17-14-32-12-15-35-16-13-32/h3-11,18-20H,12-17H2,1-2H3. The summed E-state index contributed by atoms with van der Waals surface area (Å²) >= 11 is 0. The summed E-state index contributed by atoms with van der Waals surface area (Å²) in [6.07, 6.45) is 1.69. The molecule has 2 heterocycles. The molecule has 190 valence electrons. The molecule has 0 spiro atoms. The van der Waals surface area contributed by atoms with Gasteiger partial charge in [0, 0.05) is 42.8 Å². The third-order valence-corrected chi connectivity index (χ3v) is 6.39. The van der Waals surface area contributed by atoms with E-state index < -0.39 is 0 Å². The minimum Gasteiger partial charge on any atom is -0.493 e. The molecule has 0 N–H and O–H groups in total. The zero-order valence-corrected chi connectivity index (χ0v) is 21.1. The number of nitrogens with zero attached hydrogens (tertiary/aromatic N) is 2. The molecular formula is C30H30N2O5. The monoisotopic (exact) mass is 498 g/mol. The highest BCUT2D eigenvalue weighted by molar-refractivity contribution is 6.11. The Kier molecular flexibility index (Phi) is 7.63. The lowest BCUT2D eigenvalue weighted by atomic mass is 10.0. The molecule has 37 heavy (non-hydrogen) atoms. The molecule has 1 fully saturated rings. The van der Waals surface area contributed by atoms with E-state index in [-0.39, 0.29) is 5.78 Å². The summed E-state index contributed by atoms with van der Waals surface area (Å²) in [4.78, 5) is 20.1. The van der Waals surface area contributed by atoms with Crippen LogP contribution in [0.3, 0.4) is 0 Å². The molecule has 0 saturated carbocycles. The summed E-state index contributed by atoms with van der Waals surface area (Å²) < 4.78 is 23.5. The molecule has 0 amide bonds. The Labute approximate surface area is 216 Å². The van der Waals surface area contributed by atoms with Crippen LogP contribution < -0.4 is 14.2 Å². The molecule has 5 rings (SSSR count). The Balaban J connectivity index is 1.42. The van der Waals surface area contributed by atoms with Crippen LogP contribution in [0.25, 0.3) is 10.9 Å². The van der Waals surface area contributed by atoms with Crippen LogP contribution in [-0.2, 0) is 4.74 Å². The molecule has 3 aromatic carbocycles. The molecule has 1 saturated heterocycles. The van der Waals surface area contributed by atoms with Crippen molar-refractivity contribution in [2.75, 3.05) is 46.6 Å². The van der Waals surface area contributed by atoms with Crippen molar-refractivity contribution in [2.24, 2.45) is 0 Å². The lowest BCUT2D eigenvalue weighted by Crippen LogP contribution is -2.38. The third-order valence-electron chi connectivity index (χ3n) is 6.39. The highest BCUT2D eigenvalue weighted by Gasteiger charge is 2.18. The Morgan fingerprint density at radius 3 is 2.54 bits per heavy atom. The summed E-state index contributed by atoms with van der Waals surface area (Å²) in [5.41, 5.74) is 2.80. The molecule has 1 aromatic heterocycles. The van der Waals surface area contributed by atoms with Crippen molar-refractivity contribution in [2.45, 2.75) is 6.92 Å². The molecule has 0 atom stereocenters. The first-order chi connectivity index (χ1) is 18.1. The van der Waals surface area contributed by atoms with E-state index in [4.69, 9.17) is 18.9 Å². The predicted octanol–water partition coefficient (Wildman–Crippen LogP) is 5.29. The van der Waals surface area contributed by atoms with Crippen molar-refractivity contribution < 1.29 is 23.7 Å². The smallest absolute Gasteiger partial charge is 0.196 e. The second-order valence-electron chi connectivity index (χ2n) is 8.93. The second kappa shape index (κ2) is 11.4. The van der Waals surface area contributed by atoms with E-state index >= 15 is 0 Å². The van der Waals surface area contributed by atoms with Crippen molar-refractivity contribution in [3.8, 4) is 23.0 Å². The van der Waals surface area contributed by atoms with E-state index in [1.165, 1.54) is 0 Å². The Morgan fingerprint density at radius 2 is 1.76 bits per heavy atom. The molecule has 7 heteroatoms. The molecule has 7 nitrogen and oxygen atoms in total. The van der Waals surface area contributed by atoms with E-state index in [1.54, 1.807) is 19.4 Å². The van der Waals surface area contributed by atoms with E-state index in [0.29, 0.717) is 46.2 Å². The fourth-order valence-electron chi connectivity index (χ4n) is 4.37. The van der Waals surface area contributed by atoms with Gasteiger partial charge in [0.05, 0.1) is 31.4 Å². The number of aryl methyl sites for hydroxylation is 1. The van der Waals surface area contributed by atoms with Gasteiger partial charge in [0.15, 0.2) is 17.3 Å². The zero-order chi connectivity index (χ0) is 25.6. The maximum absolute atomic E-state index is 13.3. The lowest BCUT2D eigenvalue weighted by molar-refractivity contribution is 0.0321. The average molecular weight is 499 g/mol. The van der Waals surface area contributed by atoms with Crippen LogP contribution >= 0.6 is 0 Å². The number of rotatable bonds is 9. The number of aromatic nitrogens is 1. The first kappa shape index (κ1) is 24.7. The van der Waals surface area contributed by atoms with Gasteiger partial charge in [-0.3, -0.25) is 14.7 Å². The summed E-state index contributed by atoms with van der Waals surface area (Å²) in [6, 6.07) is 20.4. The number of hydrogen-bond donors (Lipinski definition) is 0. The second-order valence-corrected chi connectivity index (χ2v) is 8.93. The van der Waals surface area contributed by atoms with Gasteiger partial charge in [-0.05, 0) is 31.2 Å². The molecule has 0 aliphatic carbocycles. The minimum absolute atomic E-state index is 0.0915. The Hall–Kier alpha value is -3.94. The van der Waals surface area contributed by atoms with Gasteiger partial charge in [-0.1, -0.05) is 42.0 Å². The van der Waals surface area contributed by atoms with Crippen molar-refractivity contribution >= 4 is 16.7 Å². The molecule has 0 unspecified atom stereocenters. The number of carbonyl (C=O) groups is 1. The van der Waals surface area contributed by atoms with Gasteiger partial charge >= 0.3 is 0 Å². The lowest BCUT2D eigenvalue weighted by Gasteiger charge is -2.26. The average Bonchev–Trinajstić information content (AvgIpc) is 2.94. The van der Waals surface area contributed by atoms with Crippen LogP contribution in [0.5, 0.6) is 23.0 Å². The zero-order valence-electron chi connectivity index (χ0n) is 21.1. The van der Waals surface area contributed by atoms with Crippen LogP contribution in [-0.4, -0.2) is 62.2 Å². The summed E-state index contributed by atoms with van der Waals surface area (Å²) in [5.74, 6) is 2.19. The number of ketones is 1. The number of carbonyl (C=O) groups excluding carboxylic acids is 1. The highest BCUT2D eigenvalue weighted by atomic mass is 16.5. The summed E-state index contributed by atoms with van der Waals surface area (Å²) in [6.45, 7) is 6.64. The van der Waals surface area contributed by atoms with Crippen molar-refractivity contribution in [1.29, 1.82) is 0 Å². The fourth-order valence-corrected chi connectivity index (χ4v) is 4.37. The number of benzene rings is 3. The topological polar surface area (TPSA) is 70.1 Å².